The minimum Gasteiger partial charge on any atom is -0.462 e. The van der Waals surface area contributed by atoms with E-state index in [1.54, 1.807) is 6.92 Å². The number of hydrogen-bond donors (Lipinski definition) is 0. The number of carbonyl (C=O) groups is 1. The van der Waals surface area contributed by atoms with E-state index in [4.69, 9.17) is 0 Å². The molecule has 0 unspecified atom stereocenters. The van der Waals surface area contributed by atoms with Crippen LogP contribution in [0.25, 0.3) is 0 Å². The zero-order valence-electron chi connectivity index (χ0n) is 8.34. The first-order chi connectivity index (χ1) is 7.42. The molecule has 5 nitrogen and oxygen atoms in total. The van der Waals surface area contributed by atoms with Gasteiger partial charge in [0.15, 0.2) is 0 Å². The van der Waals surface area contributed by atoms with Gasteiger partial charge in [0.25, 0.3) is 0 Å². The molecule has 0 amide bonds. The second-order valence-electron chi connectivity index (χ2n) is 2.72. The molecule has 0 heterocycles. The summed E-state index contributed by atoms with van der Waals surface area (Å²) in [6, 6.07) is 5.04. The fourth-order valence-electron chi connectivity index (χ4n) is 1.00. The summed E-state index contributed by atoms with van der Waals surface area (Å²) < 4.78 is 41.2. The predicted octanol–water partition coefficient (Wildman–Crippen LogP) is 1.46. The summed E-state index contributed by atoms with van der Waals surface area (Å²) in [7, 11) is -5.08. The van der Waals surface area contributed by atoms with Crippen LogP contribution in [0.15, 0.2) is 24.3 Å². The van der Waals surface area contributed by atoms with Crippen LogP contribution in [-0.4, -0.2) is 21.0 Å². The summed E-state index contributed by atoms with van der Waals surface area (Å²) >= 11 is 0. The lowest BCUT2D eigenvalue weighted by Crippen LogP contribution is -2.06. The van der Waals surface area contributed by atoms with E-state index in [1.165, 1.54) is 18.2 Å². The van der Waals surface area contributed by atoms with Crippen molar-refractivity contribution in [3.05, 3.63) is 29.8 Å². The number of carbonyl (C=O) groups excluding carboxylic acids is 1. The summed E-state index contributed by atoms with van der Waals surface area (Å²) in [6.07, 6.45) is 0. The van der Waals surface area contributed by atoms with Crippen LogP contribution in [0.3, 0.4) is 0 Å². The van der Waals surface area contributed by atoms with Crippen molar-refractivity contribution in [2.45, 2.75) is 6.92 Å². The molecule has 0 radical (unpaired) electrons. The van der Waals surface area contributed by atoms with E-state index in [0.717, 1.165) is 6.07 Å². The Balaban J connectivity index is 2.91. The maximum atomic E-state index is 12.2. The first-order valence-electron chi connectivity index (χ1n) is 4.33. The lowest BCUT2D eigenvalue weighted by molar-refractivity contribution is 0.0526. The molecule has 0 aliphatic carbocycles. The molecule has 0 aliphatic rings. The number of rotatable bonds is 4. The van der Waals surface area contributed by atoms with Gasteiger partial charge >= 0.3 is 16.5 Å². The van der Waals surface area contributed by atoms with Gasteiger partial charge in [-0.05, 0) is 25.1 Å². The summed E-state index contributed by atoms with van der Waals surface area (Å²) in [6.45, 7) is 1.82. The van der Waals surface area contributed by atoms with Crippen molar-refractivity contribution in [3.63, 3.8) is 0 Å². The molecule has 1 rings (SSSR count). The molecule has 0 fully saturated rings. The monoisotopic (exact) mass is 248 g/mol. The number of ether oxygens (including phenoxy) is 1. The van der Waals surface area contributed by atoms with Crippen molar-refractivity contribution >= 4 is 16.5 Å². The highest BCUT2D eigenvalue weighted by Crippen LogP contribution is 2.16. The Morgan fingerprint density at radius 3 is 2.69 bits per heavy atom. The fourth-order valence-corrected chi connectivity index (χ4v) is 1.34. The molecule has 16 heavy (non-hydrogen) atoms. The van der Waals surface area contributed by atoms with E-state index in [1.807, 2.05) is 0 Å². The maximum absolute atomic E-state index is 12.2. The van der Waals surface area contributed by atoms with E-state index in [-0.39, 0.29) is 17.9 Å². The van der Waals surface area contributed by atoms with Gasteiger partial charge < -0.3 is 8.92 Å². The number of benzene rings is 1. The maximum Gasteiger partial charge on any atom is 0.488 e. The normalized spacial score (nSPS) is 10.9. The molecule has 1 aromatic carbocycles. The molecule has 0 saturated heterocycles. The van der Waals surface area contributed by atoms with Crippen LogP contribution in [0.5, 0.6) is 5.75 Å². The fraction of sp³-hybridized carbons (Fsp3) is 0.222. The summed E-state index contributed by atoms with van der Waals surface area (Å²) in [5.74, 6) is -0.919. The first-order valence-corrected chi connectivity index (χ1v) is 5.64. The highest BCUT2D eigenvalue weighted by Gasteiger charge is 2.12. The quantitative estimate of drug-likeness (QED) is 0.596. The van der Waals surface area contributed by atoms with E-state index >= 15 is 0 Å². The van der Waals surface area contributed by atoms with E-state index in [9.17, 15) is 17.1 Å². The van der Waals surface area contributed by atoms with Crippen molar-refractivity contribution < 1.29 is 26.0 Å². The lowest BCUT2D eigenvalue weighted by Gasteiger charge is -2.03. The molecule has 0 atom stereocenters. The van der Waals surface area contributed by atoms with Crippen LogP contribution in [0.1, 0.15) is 17.3 Å². The van der Waals surface area contributed by atoms with Gasteiger partial charge in [0.1, 0.15) is 5.75 Å². The minimum absolute atomic E-state index is 0.0861. The van der Waals surface area contributed by atoms with Crippen molar-refractivity contribution in [1.82, 2.24) is 0 Å². The molecular weight excluding hydrogens is 239 g/mol. The lowest BCUT2D eigenvalue weighted by atomic mass is 10.2. The molecule has 0 aliphatic heterocycles. The summed E-state index contributed by atoms with van der Waals surface area (Å²) in [5.41, 5.74) is 0.0861. The first kappa shape index (κ1) is 12.4. The van der Waals surface area contributed by atoms with Crippen LogP contribution >= 0.6 is 0 Å². The van der Waals surface area contributed by atoms with Crippen LogP contribution in [-0.2, 0) is 15.2 Å². The number of halogens is 1. The Labute approximate surface area is 92.2 Å². The molecule has 0 aromatic heterocycles. The van der Waals surface area contributed by atoms with E-state index < -0.39 is 16.5 Å². The largest absolute Gasteiger partial charge is 0.488 e. The second-order valence-corrected chi connectivity index (χ2v) is 3.68. The van der Waals surface area contributed by atoms with Crippen LogP contribution in [0.4, 0.5) is 3.89 Å². The molecule has 0 N–H and O–H groups in total. The van der Waals surface area contributed by atoms with Crippen LogP contribution in [0.2, 0.25) is 0 Å². The summed E-state index contributed by atoms with van der Waals surface area (Å²) in [5, 5.41) is 0. The molecule has 0 bridgehead atoms. The standard InChI is InChI=1S/C9H9FO5S/c1-2-14-9(11)7-4-3-5-8(6-7)15-16(10,12)13/h3-6H,2H2,1H3. The second kappa shape index (κ2) is 4.93. The van der Waals surface area contributed by atoms with Gasteiger partial charge in [0, 0.05) is 0 Å². The van der Waals surface area contributed by atoms with Gasteiger partial charge in [0.05, 0.1) is 12.2 Å². The Morgan fingerprint density at radius 1 is 1.44 bits per heavy atom. The van der Waals surface area contributed by atoms with E-state index in [0.29, 0.717) is 0 Å². The van der Waals surface area contributed by atoms with E-state index in [2.05, 4.69) is 8.92 Å². The van der Waals surface area contributed by atoms with Gasteiger partial charge in [-0.25, -0.2) is 4.79 Å². The topological polar surface area (TPSA) is 69.7 Å². The molecule has 0 saturated carbocycles. The van der Waals surface area contributed by atoms with Crippen LogP contribution < -0.4 is 4.18 Å². The molecule has 88 valence electrons. The Hall–Kier alpha value is -1.63. The Kier molecular flexibility index (Phi) is 3.83. The Bertz CT molecular complexity index is 482. The van der Waals surface area contributed by atoms with Gasteiger partial charge in [-0.2, -0.15) is 8.42 Å². The average molecular weight is 248 g/mol. The highest BCUT2D eigenvalue weighted by atomic mass is 32.3. The van der Waals surface area contributed by atoms with Gasteiger partial charge in [-0.3, -0.25) is 0 Å². The number of hydrogen-bond acceptors (Lipinski definition) is 5. The zero-order chi connectivity index (χ0) is 12.2. The van der Waals surface area contributed by atoms with Crippen LogP contribution in [0, 0.1) is 0 Å². The third-order valence-corrected chi connectivity index (χ3v) is 1.93. The molecular formula is C9H9FO5S. The Morgan fingerprint density at radius 2 is 2.12 bits per heavy atom. The van der Waals surface area contributed by atoms with Gasteiger partial charge in [-0.15, -0.1) is 0 Å². The smallest absolute Gasteiger partial charge is 0.462 e. The molecule has 1 aromatic rings. The third kappa shape index (κ3) is 3.85. The van der Waals surface area contributed by atoms with Gasteiger partial charge in [-0.1, -0.05) is 9.95 Å². The van der Waals surface area contributed by atoms with Gasteiger partial charge in [0.2, 0.25) is 0 Å². The average Bonchev–Trinajstić information content (AvgIpc) is 2.16. The molecule has 0 spiro atoms. The highest BCUT2D eigenvalue weighted by molar-refractivity contribution is 7.81. The van der Waals surface area contributed by atoms with Crippen molar-refractivity contribution in [2.24, 2.45) is 0 Å². The zero-order valence-corrected chi connectivity index (χ0v) is 9.16. The minimum atomic E-state index is -5.08. The molecule has 7 heteroatoms. The van der Waals surface area contributed by atoms with Crippen molar-refractivity contribution in [2.75, 3.05) is 6.61 Å². The number of esters is 1. The van der Waals surface area contributed by atoms with Crippen molar-refractivity contribution in [3.8, 4) is 5.75 Å². The predicted molar refractivity (Wildman–Crippen MR) is 53.1 cm³/mol. The SMILES string of the molecule is CCOC(=O)c1cccc(OS(=O)(=O)F)c1. The summed E-state index contributed by atoms with van der Waals surface area (Å²) in [4.78, 5) is 11.2. The third-order valence-electron chi connectivity index (χ3n) is 1.54. The van der Waals surface area contributed by atoms with Crippen molar-refractivity contribution in [1.29, 1.82) is 0 Å².